The van der Waals surface area contributed by atoms with Gasteiger partial charge in [-0.1, -0.05) is 39.1 Å². The van der Waals surface area contributed by atoms with Crippen LogP contribution in [0.1, 0.15) is 32.0 Å². The molecule has 0 aliphatic carbocycles. The zero-order valence-corrected chi connectivity index (χ0v) is 20.2. The fourth-order valence-electron chi connectivity index (χ4n) is 4.67. The molecule has 4 rings (SSSR count). The quantitative estimate of drug-likeness (QED) is 0.514. The van der Waals surface area contributed by atoms with Crippen molar-refractivity contribution < 1.29 is 9.47 Å². The molecule has 0 N–H and O–H groups in total. The lowest BCUT2D eigenvalue weighted by molar-refractivity contribution is 0.0551. The van der Waals surface area contributed by atoms with Crippen molar-refractivity contribution in [1.82, 2.24) is 13.7 Å². The summed E-state index contributed by atoms with van der Waals surface area (Å²) in [4.78, 5) is 0.708. The predicted molar refractivity (Wildman–Crippen MR) is 128 cm³/mol. The number of nitrogens with zero attached hydrogens (tertiary/aromatic N) is 4. The Kier molecular flexibility index (Phi) is 6.50. The number of pyridine rings is 1. The fraction of sp³-hybridized carbons (Fsp3) is 0.591. The molecule has 0 bridgehead atoms. The Hall–Kier alpha value is -1.08. The van der Waals surface area contributed by atoms with Crippen molar-refractivity contribution in [3.05, 3.63) is 41.7 Å². The summed E-state index contributed by atoms with van der Waals surface area (Å²) in [6.45, 7) is 15.6. The van der Waals surface area contributed by atoms with E-state index < -0.39 is 7.36 Å². The van der Waals surface area contributed by atoms with Gasteiger partial charge < -0.3 is 13.9 Å². The Bertz CT molecular complexity index is 947. The average Bonchev–Trinajstić information content (AvgIpc) is 3.08. The van der Waals surface area contributed by atoms with Gasteiger partial charge in [-0.15, -0.1) is 0 Å². The summed E-state index contributed by atoms with van der Waals surface area (Å²) < 4.78 is 24.3. The molecule has 4 heterocycles. The van der Waals surface area contributed by atoms with E-state index in [2.05, 4.69) is 71.9 Å². The Labute approximate surface area is 185 Å². The van der Waals surface area contributed by atoms with E-state index >= 15 is 0 Å². The molecule has 2 fully saturated rings. The first-order chi connectivity index (χ1) is 14.3. The zero-order valence-electron chi connectivity index (χ0n) is 18.5. The third-order valence-electron chi connectivity index (χ3n) is 5.97. The second-order valence-electron chi connectivity index (χ2n) is 8.95. The van der Waals surface area contributed by atoms with Crippen LogP contribution in [0.25, 0.3) is 5.52 Å². The molecule has 2 aromatic rings. The Morgan fingerprint density at radius 1 is 1.00 bits per heavy atom. The van der Waals surface area contributed by atoms with E-state index in [1.54, 1.807) is 0 Å². The van der Waals surface area contributed by atoms with Gasteiger partial charge in [0, 0.05) is 43.0 Å². The molecule has 164 valence electrons. The van der Waals surface area contributed by atoms with Crippen molar-refractivity contribution in [3.63, 3.8) is 0 Å². The van der Waals surface area contributed by atoms with Crippen LogP contribution in [-0.4, -0.2) is 76.5 Å². The summed E-state index contributed by atoms with van der Waals surface area (Å²) in [6, 6.07) is 8.42. The summed E-state index contributed by atoms with van der Waals surface area (Å²) >= 11 is 6.07. The van der Waals surface area contributed by atoms with Crippen molar-refractivity contribution in [2.24, 2.45) is 4.74 Å². The van der Waals surface area contributed by atoms with E-state index in [4.69, 9.17) is 26.4 Å². The van der Waals surface area contributed by atoms with Gasteiger partial charge in [-0.25, -0.2) is 4.74 Å². The summed E-state index contributed by atoms with van der Waals surface area (Å²) in [5, 5.41) is -0.0489. The van der Waals surface area contributed by atoms with Crippen LogP contribution in [0, 0.1) is 6.92 Å². The second kappa shape index (κ2) is 8.81. The van der Waals surface area contributed by atoms with E-state index in [1.807, 2.05) is 0 Å². The predicted octanol–water partition coefficient (Wildman–Crippen LogP) is 4.42. The summed E-state index contributed by atoms with van der Waals surface area (Å²) in [5.41, 5.74) is 3.36. The molecule has 0 radical (unpaired) electrons. The van der Waals surface area contributed by atoms with E-state index in [1.165, 1.54) is 5.56 Å². The molecule has 30 heavy (non-hydrogen) atoms. The number of rotatable bonds is 3. The Balaban J connectivity index is 1.90. The standard InChI is InChI=1S/C22H33N4O2PS/c1-18-17-19-7-5-6-8-26(19)20(18)21(30)23-29(22(2,3)4,24-9-13-27-14-10-24)25-11-15-28-16-12-25/h5-8,17H,9-16H2,1-4H3. The van der Waals surface area contributed by atoms with Crippen molar-refractivity contribution in [2.75, 3.05) is 52.6 Å². The van der Waals surface area contributed by atoms with E-state index in [0.717, 1.165) is 63.8 Å². The van der Waals surface area contributed by atoms with Gasteiger partial charge in [0.05, 0.1) is 32.1 Å². The van der Waals surface area contributed by atoms with Crippen LogP contribution >= 0.6 is 19.6 Å². The Morgan fingerprint density at radius 3 is 2.10 bits per heavy atom. The molecule has 0 saturated carbocycles. The van der Waals surface area contributed by atoms with Crippen molar-refractivity contribution in [2.45, 2.75) is 32.9 Å². The monoisotopic (exact) mass is 448 g/mol. The number of hydrogen-bond acceptors (Lipinski definition) is 3. The van der Waals surface area contributed by atoms with Gasteiger partial charge in [0.2, 0.25) is 0 Å². The first kappa shape index (κ1) is 22.1. The van der Waals surface area contributed by atoms with Crippen LogP contribution in [-0.2, 0) is 9.47 Å². The van der Waals surface area contributed by atoms with Crippen LogP contribution in [0.2, 0.25) is 0 Å². The molecule has 0 spiro atoms. The number of thiocarbonyl (C=S) groups is 1. The number of morpholine rings is 2. The lowest BCUT2D eigenvalue weighted by Crippen LogP contribution is -2.48. The molecule has 2 aromatic heterocycles. The average molecular weight is 449 g/mol. The highest BCUT2D eigenvalue weighted by Crippen LogP contribution is 2.66. The smallest absolute Gasteiger partial charge is 0.151 e. The maximum Gasteiger partial charge on any atom is 0.151 e. The van der Waals surface area contributed by atoms with E-state index in [9.17, 15) is 0 Å². The summed E-state index contributed by atoms with van der Waals surface area (Å²) in [5.74, 6) is 0. The second-order valence-corrected chi connectivity index (χ2v) is 13.1. The van der Waals surface area contributed by atoms with E-state index in [-0.39, 0.29) is 5.16 Å². The third kappa shape index (κ3) is 3.92. The normalized spacial score (nSPS) is 19.9. The minimum Gasteiger partial charge on any atom is -0.379 e. The van der Waals surface area contributed by atoms with Crippen LogP contribution in [0.3, 0.4) is 0 Å². The molecule has 2 saturated heterocycles. The topological polar surface area (TPSA) is 41.7 Å². The van der Waals surface area contributed by atoms with Gasteiger partial charge in [0.15, 0.2) is 4.99 Å². The highest BCUT2D eigenvalue weighted by atomic mass is 32.1. The van der Waals surface area contributed by atoms with Gasteiger partial charge in [0.25, 0.3) is 0 Å². The number of aromatic nitrogens is 1. The highest BCUT2D eigenvalue weighted by molar-refractivity contribution is 7.81. The lowest BCUT2D eigenvalue weighted by Gasteiger charge is -2.52. The number of fused-ring (bicyclic) bond motifs is 1. The zero-order chi connectivity index (χ0) is 21.4. The molecule has 0 unspecified atom stereocenters. The van der Waals surface area contributed by atoms with Crippen LogP contribution < -0.4 is 0 Å². The molecule has 2 aliphatic heterocycles. The van der Waals surface area contributed by atoms with E-state index in [0.29, 0.717) is 4.99 Å². The summed E-state index contributed by atoms with van der Waals surface area (Å²) in [6.07, 6.45) is 2.08. The van der Waals surface area contributed by atoms with Gasteiger partial charge in [-0.05, 0) is 30.7 Å². The minimum atomic E-state index is -2.15. The molecule has 0 atom stereocenters. The third-order valence-corrected chi connectivity index (χ3v) is 11.0. The van der Waals surface area contributed by atoms with Crippen molar-refractivity contribution in [1.29, 1.82) is 0 Å². The number of ether oxygens (including phenoxy) is 2. The van der Waals surface area contributed by atoms with Gasteiger partial charge in [-0.3, -0.25) is 9.34 Å². The number of aryl methyl sites for hydroxylation is 1. The molecule has 2 aliphatic rings. The largest absolute Gasteiger partial charge is 0.379 e. The minimum absolute atomic E-state index is 0.0489. The molecule has 0 amide bonds. The molecule has 6 nitrogen and oxygen atoms in total. The van der Waals surface area contributed by atoms with Crippen LogP contribution in [0.5, 0.6) is 0 Å². The fourth-order valence-corrected chi connectivity index (χ4v) is 9.67. The maximum absolute atomic E-state index is 6.07. The first-order valence-electron chi connectivity index (χ1n) is 10.7. The molecular formula is C22H33N4O2PS. The Morgan fingerprint density at radius 2 is 1.57 bits per heavy atom. The molecule has 0 aromatic carbocycles. The highest BCUT2D eigenvalue weighted by Gasteiger charge is 2.45. The number of hydrogen-bond donors (Lipinski definition) is 0. The molecular weight excluding hydrogens is 415 g/mol. The van der Waals surface area contributed by atoms with Gasteiger partial charge in [0.1, 0.15) is 7.36 Å². The van der Waals surface area contributed by atoms with Gasteiger partial charge >= 0.3 is 0 Å². The molecule has 8 heteroatoms. The van der Waals surface area contributed by atoms with Crippen molar-refractivity contribution >= 4 is 30.1 Å². The van der Waals surface area contributed by atoms with Crippen molar-refractivity contribution in [3.8, 4) is 0 Å². The van der Waals surface area contributed by atoms with Crippen LogP contribution in [0.4, 0.5) is 0 Å². The first-order valence-corrected chi connectivity index (χ1v) is 12.8. The van der Waals surface area contributed by atoms with Gasteiger partial charge in [-0.2, -0.15) is 0 Å². The SMILES string of the molecule is Cc1cc2ccccn2c1C(=S)N=P(N1CCOCC1)(N1CCOCC1)C(C)(C)C. The summed E-state index contributed by atoms with van der Waals surface area (Å²) in [7, 11) is -2.15. The lowest BCUT2D eigenvalue weighted by atomic mass is 10.3. The maximum atomic E-state index is 6.07. The van der Waals surface area contributed by atoms with Crippen LogP contribution in [0.15, 0.2) is 35.2 Å².